The molecule has 0 aliphatic heterocycles. The summed E-state index contributed by atoms with van der Waals surface area (Å²) >= 11 is 0. The Morgan fingerprint density at radius 3 is 2.78 bits per heavy atom. The van der Waals surface area contributed by atoms with Crippen LogP contribution in [0.3, 0.4) is 0 Å². The Morgan fingerprint density at radius 1 is 1.50 bits per heavy atom. The predicted molar refractivity (Wildman–Crippen MR) is 76.8 cm³/mol. The van der Waals surface area contributed by atoms with E-state index in [0.717, 1.165) is 18.2 Å². The van der Waals surface area contributed by atoms with E-state index in [9.17, 15) is 0 Å². The molecule has 1 aromatic rings. The van der Waals surface area contributed by atoms with Crippen LogP contribution in [0.5, 0.6) is 0 Å². The zero-order chi connectivity index (χ0) is 13.2. The molecule has 3 nitrogen and oxygen atoms in total. The quantitative estimate of drug-likeness (QED) is 0.821. The fraction of sp³-hybridized carbons (Fsp3) is 0.667. The van der Waals surface area contributed by atoms with Gasteiger partial charge in [-0.25, -0.2) is 4.98 Å². The van der Waals surface area contributed by atoms with E-state index in [1.165, 1.54) is 25.7 Å². The minimum absolute atomic E-state index is 0.518. The monoisotopic (exact) mass is 247 g/mol. The van der Waals surface area contributed by atoms with Gasteiger partial charge in [0.25, 0.3) is 0 Å². The van der Waals surface area contributed by atoms with Gasteiger partial charge in [-0.1, -0.05) is 19.9 Å². The smallest absolute Gasteiger partial charge is 0.203 e. The Hall–Kier alpha value is -1.25. The Bertz CT molecular complexity index is 407. The standard InChI is InChI=1S/C15H25N3/c1-5-10-18-11-12(2)16-14(18)17-13-6-8-15(3,4)9-7-13/h5,11,13H,1,6-10H2,2-4H3,(H,16,17). The van der Waals surface area contributed by atoms with Crippen LogP contribution in [0.2, 0.25) is 0 Å². The van der Waals surface area contributed by atoms with Gasteiger partial charge >= 0.3 is 0 Å². The average molecular weight is 247 g/mol. The van der Waals surface area contributed by atoms with Crippen LogP contribution in [0.25, 0.3) is 0 Å². The van der Waals surface area contributed by atoms with Crippen molar-refractivity contribution in [1.82, 2.24) is 9.55 Å². The summed E-state index contributed by atoms with van der Waals surface area (Å²) in [6, 6.07) is 0.573. The first kappa shape index (κ1) is 13.2. The van der Waals surface area contributed by atoms with Gasteiger partial charge in [-0.2, -0.15) is 0 Å². The van der Waals surface area contributed by atoms with Gasteiger partial charge in [0.15, 0.2) is 0 Å². The van der Waals surface area contributed by atoms with Crippen LogP contribution in [-0.4, -0.2) is 15.6 Å². The lowest BCUT2D eigenvalue weighted by molar-refractivity contribution is 0.232. The molecule has 0 amide bonds. The van der Waals surface area contributed by atoms with Crippen molar-refractivity contribution >= 4 is 5.95 Å². The average Bonchev–Trinajstić information content (AvgIpc) is 2.63. The molecule has 2 rings (SSSR count). The Kier molecular flexibility index (Phi) is 3.79. The van der Waals surface area contributed by atoms with Crippen LogP contribution in [-0.2, 0) is 6.54 Å². The highest BCUT2D eigenvalue weighted by atomic mass is 15.2. The maximum atomic E-state index is 4.56. The topological polar surface area (TPSA) is 29.9 Å². The van der Waals surface area contributed by atoms with E-state index < -0.39 is 0 Å². The molecule has 0 atom stereocenters. The molecule has 0 radical (unpaired) electrons. The normalized spacial score (nSPS) is 19.7. The summed E-state index contributed by atoms with van der Waals surface area (Å²) in [4.78, 5) is 4.56. The van der Waals surface area contributed by atoms with Crippen LogP contribution in [0.15, 0.2) is 18.9 Å². The molecule has 0 unspecified atom stereocenters. The summed E-state index contributed by atoms with van der Waals surface area (Å²) in [5.41, 5.74) is 1.58. The minimum Gasteiger partial charge on any atom is -0.353 e. The van der Waals surface area contributed by atoms with Crippen molar-refractivity contribution < 1.29 is 0 Å². The highest BCUT2D eigenvalue weighted by Crippen LogP contribution is 2.35. The summed E-state index contributed by atoms with van der Waals surface area (Å²) in [7, 11) is 0. The number of allylic oxidation sites excluding steroid dienone is 1. The van der Waals surface area contributed by atoms with E-state index >= 15 is 0 Å². The van der Waals surface area contributed by atoms with Crippen LogP contribution in [0.4, 0.5) is 5.95 Å². The molecule has 100 valence electrons. The third kappa shape index (κ3) is 3.15. The lowest BCUT2D eigenvalue weighted by atomic mass is 9.76. The first-order chi connectivity index (χ1) is 8.50. The molecule has 1 aliphatic rings. The van der Waals surface area contributed by atoms with Crippen LogP contribution in [0.1, 0.15) is 45.2 Å². The summed E-state index contributed by atoms with van der Waals surface area (Å²) in [5, 5.41) is 3.60. The lowest BCUT2D eigenvalue weighted by Crippen LogP contribution is -2.30. The Morgan fingerprint density at radius 2 is 2.17 bits per heavy atom. The largest absolute Gasteiger partial charge is 0.353 e. The zero-order valence-corrected chi connectivity index (χ0v) is 11.9. The molecule has 1 heterocycles. The molecule has 3 heteroatoms. The molecule has 18 heavy (non-hydrogen) atoms. The molecular weight excluding hydrogens is 222 g/mol. The molecule has 1 aliphatic carbocycles. The second-order valence-corrected chi connectivity index (χ2v) is 6.23. The highest BCUT2D eigenvalue weighted by molar-refractivity contribution is 5.30. The summed E-state index contributed by atoms with van der Waals surface area (Å²) < 4.78 is 2.14. The number of anilines is 1. The molecule has 0 saturated heterocycles. The van der Waals surface area contributed by atoms with Crippen LogP contribution >= 0.6 is 0 Å². The molecule has 0 spiro atoms. The fourth-order valence-corrected chi connectivity index (χ4v) is 2.67. The van der Waals surface area contributed by atoms with E-state index in [1.807, 2.05) is 13.0 Å². The van der Waals surface area contributed by atoms with Crippen LogP contribution in [0, 0.1) is 12.3 Å². The summed E-state index contributed by atoms with van der Waals surface area (Å²) in [5.74, 6) is 0.997. The minimum atomic E-state index is 0.518. The van der Waals surface area contributed by atoms with Crippen molar-refractivity contribution in [2.75, 3.05) is 5.32 Å². The lowest BCUT2D eigenvalue weighted by Gasteiger charge is -2.34. The number of rotatable bonds is 4. The second kappa shape index (κ2) is 5.17. The van der Waals surface area contributed by atoms with Crippen molar-refractivity contribution in [3.63, 3.8) is 0 Å². The molecule has 0 aromatic carbocycles. The number of hydrogen-bond acceptors (Lipinski definition) is 2. The SMILES string of the molecule is C=CCn1cc(C)nc1NC1CCC(C)(C)CC1. The van der Waals surface area contributed by atoms with E-state index in [-0.39, 0.29) is 0 Å². The van der Waals surface area contributed by atoms with Crippen molar-refractivity contribution in [2.24, 2.45) is 5.41 Å². The molecule has 1 saturated carbocycles. The first-order valence-corrected chi connectivity index (χ1v) is 6.91. The van der Waals surface area contributed by atoms with Gasteiger partial charge in [0.05, 0.1) is 5.69 Å². The van der Waals surface area contributed by atoms with Crippen LogP contribution < -0.4 is 5.32 Å². The number of aryl methyl sites for hydroxylation is 1. The molecule has 1 N–H and O–H groups in total. The fourth-order valence-electron chi connectivity index (χ4n) is 2.67. The number of nitrogens with one attached hydrogen (secondary N) is 1. The van der Waals surface area contributed by atoms with Gasteiger partial charge in [-0.3, -0.25) is 0 Å². The van der Waals surface area contributed by atoms with Gasteiger partial charge in [0.1, 0.15) is 0 Å². The highest BCUT2D eigenvalue weighted by Gasteiger charge is 2.27. The predicted octanol–water partition coefficient (Wildman–Crippen LogP) is 3.76. The number of nitrogens with zero attached hydrogens (tertiary/aromatic N) is 2. The second-order valence-electron chi connectivity index (χ2n) is 6.23. The van der Waals surface area contributed by atoms with Crippen molar-refractivity contribution in [2.45, 2.75) is 59.0 Å². The zero-order valence-electron chi connectivity index (χ0n) is 11.9. The molecular formula is C15H25N3. The van der Waals surface area contributed by atoms with Gasteiger partial charge in [0.2, 0.25) is 5.95 Å². The van der Waals surface area contributed by atoms with E-state index in [4.69, 9.17) is 0 Å². The van der Waals surface area contributed by atoms with E-state index in [0.29, 0.717) is 11.5 Å². The van der Waals surface area contributed by atoms with Gasteiger partial charge < -0.3 is 9.88 Å². The third-order valence-corrected chi connectivity index (χ3v) is 3.90. The van der Waals surface area contributed by atoms with Crippen molar-refractivity contribution in [3.8, 4) is 0 Å². The van der Waals surface area contributed by atoms with E-state index in [2.05, 4.69) is 41.5 Å². The number of aromatic nitrogens is 2. The van der Waals surface area contributed by atoms with Crippen molar-refractivity contribution in [1.29, 1.82) is 0 Å². The number of imidazole rings is 1. The summed E-state index contributed by atoms with van der Waals surface area (Å²) in [6.07, 6.45) is 9.07. The van der Waals surface area contributed by atoms with Gasteiger partial charge in [-0.05, 0) is 38.0 Å². The molecule has 0 bridgehead atoms. The van der Waals surface area contributed by atoms with Gasteiger partial charge in [0, 0.05) is 18.8 Å². The third-order valence-electron chi connectivity index (χ3n) is 3.90. The van der Waals surface area contributed by atoms with Crippen molar-refractivity contribution in [3.05, 3.63) is 24.5 Å². The maximum absolute atomic E-state index is 4.56. The molecule has 1 fully saturated rings. The molecule has 1 aromatic heterocycles. The maximum Gasteiger partial charge on any atom is 0.203 e. The first-order valence-electron chi connectivity index (χ1n) is 6.91. The summed E-state index contributed by atoms with van der Waals surface area (Å²) in [6.45, 7) is 11.4. The Balaban J connectivity index is 1.99. The van der Waals surface area contributed by atoms with E-state index in [1.54, 1.807) is 0 Å². The Labute approximate surface area is 110 Å². The van der Waals surface area contributed by atoms with Gasteiger partial charge in [-0.15, -0.1) is 6.58 Å². The number of hydrogen-bond donors (Lipinski definition) is 1.